The molecule has 0 aliphatic heterocycles. The van der Waals surface area contributed by atoms with Gasteiger partial charge in [0.2, 0.25) is 5.60 Å². The Morgan fingerprint density at radius 1 is 0.972 bits per heavy atom. The molecule has 0 saturated carbocycles. The summed E-state index contributed by atoms with van der Waals surface area (Å²) < 4.78 is 17.2. The van der Waals surface area contributed by atoms with E-state index in [1.165, 1.54) is 0 Å². The van der Waals surface area contributed by atoms with Gasteiger partial charge in [0.05, 0.1) is 13.0 Å². The molecule has 0 aromatic heterocycles. The van der Waals surface area contributed by atoms with Gasteiger partial charge in [0.15, 0.2) is 14.1 Å². The molecule has 0 bridgehead atoms. The molecule has 0 aliphatic carbocycles. The Balaban J connectivity index is 3.51. The van der Waals surface area contributed by atoms with Gasteiger partial charge in [-0.2, -0.15) is 0 Å². The fourth-order valence-electron chi connectivity index (χ4n) is 3.70. The van der Waals surface area contributed by atoms with E-state index >= 15 is 0 Å². The average Bonchev–Trinajstić information content (AvgIpc) is 2.84. The Kier molecular flexibility index (Phi) is 12.8. The van der Waals surface area contributed by atoms with Crippen LogP contribution in [0.25, 0.3) is 0 Å². The van der Waals surface area contributed by atoms with Gasteiger partial charge in [0.25, 0.3) is 0 Å². The van der Waals surface area contributed by atoms with E-state index in [2.05, 4.69) is 11.5 Å². The number of carbonyl (C=O) groups excluding carboxylic acids is 3. The van der Waals surface area contributed by atoms with Crippen molar-refractivity contribution in [3.05, 3.63) is 35.9 Å². The van der Waals surface area contributed by atoms with E-state index in [4.69, 9.17) is 13.9 Å². The van der Waals surface area contributed by atoms with Gasteiger partial charge >= 0.3 is 11.9 Å². The fourth-order valence-corrected chi connectivity index (χ4v) is 7.24. The number of aliphatic hydroxyl groups excluding tert-OH is 1. The minimum absolute atomic E-state index is 0.0855. The molecule has 0 heterocycles. The lowest BCUT2D eigenvalue weighted by molar-refractivity contribution is -0.176. The number of esters is 2. The van der Waals surface area contributed by atoms with E-state index in [0.717, 1.165) is 5.56 Å². The van der Waals surface area contributed by atoms with E-state index in [-0.39, 0.29) is 13.2 Å². The van der Waals surface area contributed by atoms with Gasteiger partial charge in [0, 0.05) is 6.42 Å². The van der Waals surface area contributed by atoms with Gasteiger partial charge in [-0.15, -0.1) is 5.54 Å². The summed E-state index contributed by atoms with van der Waals surface area (Å²) in [4.78, 5) is 40.2. The molecule has 1 N–H and O–H groups in total. The molecule has 36 heavy (non-hydrogen) atoms. The Morgan fingerprint density at radius 2 is 1.56 bits per heavy atom. The summed E-state index contributed by atoms with van der Waals surface area (Å²) in [6.07, 6.45) is -2.37. The van der Waals surface area contributed by atoms with Gasteiger partial charge in [0.1, 0.15) is 20.8 Å². The number of hydrogen-bond acceptors (Lipinski definition) is 7. The molecule has 1 aromatic rings. The molecular weight excluding hydrogens is 492 g/mol. The number of Topliss-reactive ketones (excluding diaryl/α,β-unsaturated/α-hetero) is 1. The van der Waals surface area contributed by atoms with Gasteiger partial charge in [-0.1, -0.05) is 76.7 Å². The number of carbonyl (C=O) groups is 3. The first-order chi connectivity index (χ1) is 16.9. The zero-order valence-electron chi connectivity index (χ0n) is 22.8. The van der Waals surface area contributed by atoms with Crippen LogP contribution >= 0.6 is 0 Å². The largest absolute Gasteiger partial charge is 0.466 e. The van der Waals surface area contributed by atoms with Crippen molar-refractivity contribution in [3.8, 4) is 11.5 Å². The number of rotatable bonds is 14. The smallest absolute Gasteiger partial charge is 0.346 e. The van der Waals surface area contributed by atoms with E-state index in [1.807, 2.05) is 58.6 Å². The molecular formula is C27H42O7Si2. The molecule has 0 fully saturated rings. The number of ketones is 1. The molecule has 0 amide bonds. The van der Waals surface area contributed by atoms with Crippen LogP contribution in [0.2, 0.25) is 37.8 Å². The normalized spacial score (nSPS) is 14.1. The Bertz CT molecular complexity index is 919. The van der Waals surface area contributed by atoms with Crippen molar-refractivity contribution in [2.45, 2.75) is 96.6 Å². The second-order valence-electron chi connectivity index (χ2n) is 9.88. The van der Waals surface area contributed by atoms with Crippen LogP contribution in [0.4, 0.5) is 0 Å². The predicted octanol–water partition coefficient (Wildman–Crippen LogP) is 4.64. The Morgan fingerprint density at radius 3 is 2.06 bits per heavy atom. The van der Waals surface area contributed by atoms with E-state index < -0.39 is 58.7 Å². The van der Waals surface area contributed by atoms with Crippen LogP contribution in [-0.2, 0) is 34.9 Å². The van der Waals surface area contributed by atoms with Crippen molar-refractivity contribution in [1.82, 2.24) is 0 Å². The van der Waals surface area contributed by atoms with Gasteiger partial charge < -0.3 is 19.0 Å². The van der Waals surface area contributed by atoms with E-state index in [0.29, 0.717) is 18.1 Å². The minimum Gasteiger partial charge on any atom is -0.466 e. The zero-order chi connectivity index (χ0) is 27.4. The molecule has 0 saturated heterocycles. The summed E-state index contributed by atoms with van der Waals surface area (Å²) in [5, 5.41) is 10.6. The molecule has 200 valence electrons. The number of ether oxygens (including phenoxy) is 2. The molecule has 7 nitrogen and oxygen atoms in total. The highest BCUT2D eigenvalue weighted by molar-refractivity contribution is 6.83. The maximum Gasteiger partial charge on any atom is 0.346 e. The van der Waals surface area contributed by atoms with Crippen LogP contribution in [-0.4, -0.2) is 57.5 Å². The molecule has 0 radical (unpaired) electrons. The topological polar surface area (TPSA) is 99.1 Å². The lowest BCUT2D eigenvalue weighted by Gasteiger charge is -2.39. The molecule has 0 unspecified atom stereocenters. The highest BCUT2D eigenvalue weighted by Gasteiger charge is 2.54. The second kappa shape index (κ2) is 14.5. The van der Waals surface area contributed by atoms with Crippen LogP contribution in [0.5, 0.6) is 0 Å². The third-order valence-corrected chi connectivity index (χ3v) is 11.5. The molecule has 0 aliphatic rings. The van der Waals surface area contributed by atoms with Crippen molar-refractivity contribution >= 4 is 34.1 Å². The van der Waals surface area contributed by atoms with Crippen LogP contribution in [0.1, 0.15) is 46.1 Å². The SMILES string of the molecule is CCOC(=O)C[C@](O[Si](CC)(CC)CC)(C(=O)C[C@H](O)C#C[Si](C)(C)C)C(=O)OCc1ccccc1. The third kappa shape index (κ3) is 9.66. The maximum atomic E-state index is 13.8. The molecule has 9 heteroatoms. The predicted molar refractivity (Wildman–Crippen MR) is 145 cm³/mol. The van der Waals surface area contributed by atoms with E-state index in [9.17, 15) is 19.5 Å². The highest BCUT2D eigenvalue weighted by atomic mass is 28.4. The molecule has 1 aromatic carbocycles. The number of benzene rings is 1. The fraction of sp³-hybridized carbons (Fsp3) is 0.593. The minimum atomic E-state index is -2.62. The van der Waals surface area contributed by atoms with Crippen LogP contribution in [0.3, 0.4) is 0 Å². The monoisotopic (exact) mass is 534 g/mol. The molecule has 0 spiro atoms. The lowest BCUT2D eigenvalue weighted by Crippen LogP contribution is -2.59. The van der Waals surface area contributed by atoms with Crippen molar-refractivity contribution in [2.75, 3.05) is 6.61 Å². The quantitative estimate of drug-likeness (QED) is 0.161. The molecule has 1 rings (SSSR count). The Hall–Kier alpha value is -2.26. The van der Waals surface area contributed by atoms with Crippen molar-refractivity contribution in [2.24, 2.45) is 0 Å². The summed E-state index contributed by atoms with van der Waals surface area (Å²) >= 11 is 0. The standard InChI is InChI=1S/C27H42O7Si2/c1-8-32-25(30)20-27(34-36(9-2,10-3)11-4,24(29)19-23(28)17-18-35(5,6)7)26(31)33-21-22-15-13-12-14-16-22/h12-16,23,28H,8-11,19-21H2,1-7H3/t23-,27+/m1/s1. The van der Waals surface area contributed by atoms with Gasteiger partial charge in [-0.05, 0) is 30.6 Å². The Labute approximate surface area is 218 Å². The first-order valence-corrected chi connectivity index (χ1v) is 18.7. The summed E-state index contributed by atoms with van der Waals surface area (Å²) in [7, 11) is -4.42. The van der Waals surface area contributed by atoms with E-state index in [1.54, 1.807) is 19.1 Å². The maximum absolute atomic E-state index is 13.8. The summed E-state index contributed by atoms with van der Waals surface area (Å²) in [6.45, 7) is 13.6. The highest BCUT2D eigenvalue weighted by Crippen LogP contribution is 2.33. The molecule has 2 atom stereocenters. The number of aliphatic hydroxyl groups is 1. The van der Waals surface area contributed by atoms with Crippen molar-refractivity contribution in [3.63, 3.8) is 0 Å². The average molecular weight is 535 g/mol. The summed E-state index contributed by atoms with van der Waals surface area (Å²) in [6, 6.07) is 11.0. The third-order valence-electron chi connectivity index (χ3n) is 6.01. The lowest BCUT2D eigenvalue weighted by atomic mass is 9.90. The first-order valence-electron chi connectivity index (χ1n) is 12.7. The van der Waals surface area contributed by atoms with Crippen molar-refractivity contribution < 1.29 is 33.4 Å². The van der Waals surface area contributed by atoms with Crippen LogP contribution in [0, 0.1) is 11.5 Å². The first kappa shape index (κ1) is 31.8. The number of hydrogen-bond donors (Lipinski definition) is 1. The van der Waals surface area contributed by atoms with Crippen molar-refractivity contribution in [1.29, 1.82) is 0 Å². The zero-order valence-corrected chi connectivity index (χ0v) is 24.8. The van der Waals surface area contributed by atoms with Gasteiger partial charge in [-0.3, -0.25) is 9.59 Å². The van der Waals surface area contributed by atoms with Crippen LogP contribution in [0.15, 0.2) is 30.3 Å². The summed E-state index contributed by atoms with van der Waals surface area (Å²) in [5.74, 6) is 0.334. The van der Waals surface area contributed by atoms with Gasteiger partial charge in [-0.25, -0.2) is 4.79 Å². The summed E-state index contributed by atoms with van der Waals surface area (Å²) in [5.41, 5.74) is 1.56. The second-order valence-corrected chi connectivity index (χ2v) is 19.3. The van der Waals surface area contributed by atoms with Crippen LogP contribution < -0.4 is 0 Å².